The molecule has 4 rings (SSSR count). The van der Waals surface area contributed by atoms with Crippen LogP contribution >= 0.6 is 0 Å². The third kappa shape index (κ3) is 5.72. The van der Waals surface area contributed by atoms with E-state index >= 15 is 0 Å². The molecule has 0 radical (unpaired) electrons. The SMILES string of the molecule is COC(=O)CCCc1ccc(OCc2cc(F)ccc2-c2ccc(C3CC3)cc2)cc1. The molecule has 3 aromatic carbocycles. The van der Waals surface area contributed by atoms with Gasteiger partial charge in [-0.2, -0.15) is 0 Å². The van der Waals surface area contributed by atoms with Gasteiger partial charge in [0.15, 0.2) is 0 Å². The van der Waals surface area contributed by atoms with E-state index in [1.165, 1.54) is 31.6 Å². The van der Waals surface area contributed by atoms with Crippen LogP contribution in [0.2, 0.25) is 0 Å². The van der Waals surface area contributed by atoms with Gasteiger partial charge in [0.05, 0.1) is 7.11 Å². The Bertz CT molecular complexity index is 1020. The largest absolute Gasteiger partial charge is 0.489 e. The van der Waals surface area contributed by atoms with Gasteiger partial charge in [-0.05, 0) is 83.7 Å². The van der Waals surface area contributed by atoms with Gasteiger partial charge in [0.1, 0.15) is 18.2 Å². The lowest BCUT2D eigenvalue weighted by Crippen LogP contribution is -2.01. The van der Waals surface area contributed by atoms with E-state index in [4.69, 9.17) is 4.74 Å². The number of rotatable bonds is 9. The molecule has 0 amide bonds. The van der Waals surface area contributed by atoms with Crippen molar-refractivity contribution in [1.82, 2.24) is 0 Å². The lowest BCUT2D eigenvalue weighted by atomic mass is 9.98. The molecule has 0 unspecified atom stereocenters. The summed E-state index contributed by atoms with van der Waals surface area (Å²) < 4.78 is 24.6. The molecule has 160 valence electrons. The van der Waals surface area contributed by atoms with Crippen LogP contribution < -0.4 is 4.74 Å². The number of hydrogen-bond acceptors (Lipinski definition) is 3. The molecule has 0 spiro atoms. The number of carbonyl (C=O) groups is 1. The van der Waals surface area contributed by atoms with Gasteiger partial charge in [0, 0.05) is 6.42 Å². The number of ether oxygens (including phenoxy) is 2. The van der Waals surface area contributed by atoms with Crippen LogP contribution in [0.5, 0.6) is 5.75 Å². The smallest absolute Gasteiger partial charge is 0.305 e. The van der Waals surface area contributed by atoms with Crippen molar-refractivity contribution in [2.24, 2.45) is 0 Å². The molecule has 1 aliphatic rings. The first-order valence-electron chi connectivity index (χ1n) is 10.8. The zero-order chi connectivity index (χ0) is 21.6. The first-order valence-corrected chi connectivity index (χ1v) is 10.8. The van der Waals surface area contributed by atoms with Crippen LogP contribution in [-0.2, 0) is 22.6 Å². The van der Waals surface area contributed by atoms with Gasteiger partial charge < -0.3 is 9.47 Å². The van der Waals surface area contributed by atoms with Crippen molar-refractivity contribution >= 4 is 5.97 Å². The van der Waals surface area contributed by atoms with Crippen molar-refractivity contribution in [2.45, 2.75) is 44.6 Å². The quantitative estimate of drug-likeness (QED) is 0.375. The summed E-state index contributed by atoms with van der Waals surface area (Å²) in [5.41, 5.74) is 5.40. The Labute approximate surface area is 182 Å². The van der Waals surface area contributed by atoms with Crippen LogP contribution in [-0.4, -0.2) is 13.1 Å². The first kappa shape index (κ1) is 21.1. The number of carbonyl (C=O) groups excluding carboxylic acids is 1. The number of hydrogen-bond donors (Lipinski definition) is 0. The fraction of sp³-hybridized carbons (Fsp3) is 0.296. The topological polar surface area (TPSA) is 35.5 Å². The first-order chi connectivity index (χ1) is 15.1. The summed E-state index contributed by atoms with van der Waals surface area (Å²) in [4.78, 5) is 11.2. The molecule has 4 heteroatoms. The van der Waals surface area contributed by atoms with E-state index in [1.807, 2.05) is 30.3 Å². The molecule has 0 heterocycles. The van der Waals surface area contributed by atoms with Gasteiger partial charge >= 0.3 is 5.97 Å². The van der Waals surface area contributed by atoms with Gasteiger partial charge in [-0.3, -0.25) is 4.79 Å². The van der Waals surface area contributed by atoms with Crippen molar-refractivity contribution in [3.8, 4) is 16.9 Å². The van der Waals surface area contributed by atoms with E-state index in [-0.39, 0.29) is 11.8 Å². The highest BCUT2D eigenvalue weighted by molar-refractivity contribution is 5.69. The van der Waals surface area contributed by atoms with E-state index in [0.29, 0.717) is 18.9 Å². The van der Waals surface area contributed by atoms with Crippen molar-refractivity contribution in [3.05, 3.63) is 89.2 Å². The highest BCUT2D eigenvalue weighted by Gasteiger charge is 2.23. The Kier molecular flexibility index (Phi) is 6.66. The summed E-state index contributed by atoms with van der Waals surface area (Å²) in [6.07, 6.45) is 4.52. The molecular weight excluding hydrogens is 391 g/mol. The number of halogens is 1. The fourth-order valence-electron chi connectivity index (χ4n) is 3.77. The van der Waals surface area contributed by atoms with Crippen molar-refractivity contribution in [3.63, 3.8) is 0 Å². The molecule has 1 aliphatic carbocycles. The molecule has 3 nitrogen and oxygen atoms in total. The average Bonchev–Trinajstić information content (AvgIpc) is 3.64. The molecule has 0 aliphatic heterocycles. The van der Waals surface area contributed by atoms with Crippen LogP contribution in [0.15, 0.2) is 66.7 Å². The third-order valence-electron chi connectivity index (χ3n) is 5.73. The standard InChI is InChI=1S/C27H27FO3/c1-30-27(29)4-2-3-19-5-14-25(15-6-19)31-18-23-17-24(28)13-16-26(23)22-11-9-21(10-12-22)20-7-8-20/h5-6,9-17,20H,2-4,7-8,18H2,1H3. The minimum atomic E-state index is -0.266. The highest BCUT2D eigenvalue weighted by Crippen LogP contribution is 2.40. The minimum absolute atomic E-state index is 0.187. The molecule has 0 saturated heterocycles. The van der Waals surface area contributed by atoms with Crippen LogP contribution in [0.3, 0.4) is 0 Å². The molecule has 0 N–H and O–H groups in total. The molecule has 3 aromatic rings. The van der Waals surface area contributed by atoms with Crippen molar-refractivity contribution in [1.29, 1.82) is 0 Å². The van der Waals surface area contributed by atoms with Gasteiger partial charge in [-0.25, -0.2) is 4.39 Å². The molecular formula is C27H27FO3. The zero-order valence-electron chi connectivity index (χ0n) is 17.8. The normalized spacial score (nSPS) is 13.1. The number of benzene rings is 3. The maximum absolute atomic E-state index is 13.9. The van der Waals surface area contributed by atoms with Crippen molar-refractivity contribution < 1.29 is 18.7 Å². The van der Waals surface area contributed by atoms with Gasteiger partial charge in [0.25, 0.3) is 0 Å². The fourth-order valence-corrected chi connectivity index (χ4v) is 3.77. The maximum Gasteiger partial charge on any atom is 0.305 e. The van der Waals surface area contributed by atoms with E-state index in [1.54, 1.807) is 6.07 Å². The number of aryl methyl sites for hydroxylation is 1. The monoisotopic (exact) mass is 418 g/mol. The predicted octanol–water partition coefficient (Wildman–Crippen LogP) is 6.44. The van der Waals surface area contributed by atoms with E-state index in [9.17, 15) is 9.18 Å². The average molecular weight is 419 g/mol. The highest BCUT2D eigenvalue weighted by atomic mass is 19.1. The Hall–Kier alpha value is -3.14. The van der Waals surface area contributed by atoms with Crippen LogP contribution in [0.4, 0.5) is 4.39 Å². The molecule has 0 bridgehead atoms. The van der Waals surface area contributed by atoms with Crippen molar-refractivity contribution in [2.75, 3.05) is 7.11 Å². The lowest BCUT2D eigenvalue weighted by molar-refractivity contribution is -0.140. The second-order valence-corrected chi connectivity index (χ2v) is 8.06. The number of esters is 1. The Balaban J connectivity index is 1.40. The van der Waals surface area contributed by atoms with Gasteiger partial charge in [0.2, 0.25) is 0 Å². The zero-order valence-corrected chi connectivity index (χ0v) is 17.8. The molecule has 0 atom stereocenters. The molecule has 31 heavy (non-hydrogen) atoms. The predicted molar refractivity (Wildman–Crippen MR) is 120 cm³/mol. The Morgan fingerprint density at radius 3 is 2.42 bits per heavy atom. The lowest BCUT2D eigenvalue weighted by Gasteiger charge is -2.13. The summed E-state index contributed by atoms with van der Waals surface area (Å²) in [6.45, 7) is 0.291. The molecule has 1 fully saturated rings. The summed E-state index contributed by atoms with van der Waals surface area (Å²) in [7, 11) is 1.40. The van der Waals surface area contributed by atoms with E-state index < -0.39 is 0 Å². The molecule has 0 aromatic heterocycles. The second-order valence-electron chi connectivity index (χ2n) is 8.06. The summed E-state index contributed by atoms with van der Waals surface area (Å²) in [5, 5.41) is 0. The Morgan fingerprint density at radius 2 is 1.74 bits per heavy atom. The molecule has 1 saturated carbocycles. The minimum Gasteiger partial charge on any atom is -0.489 e. The summed E-state index contributed by atoms with van der Waals surface area (Å²) in [6, 6.07) is 21.3. The Morgan fingerprint density at radius 1 is 1.00 bits per heavy atom. The second kappa shape index (κ2) is 9.78. The summed E-state index contributed by atoms with van der Waals surface area (Å²) >= 11 is 0. The summed E-state index contributed by atoms with van der Waals surface area (Å²) in [5.74, 6) is 0.996. The van der Waals surface area contributed by atoms with E-state index in [0.717, 1.165) is 40.8 Å². The maximum atomic E-state index is 13.9. The van der Waals surface area contributed by atoms with Gasteiger partial charge in [-0.1, -0.05) is 42.5 Å². The number of methoxy groups -OCH3 is 1. The van der Waals surface area contributed by atoms with E-state index in [2.05, 4.69) is 29.0 Å². The van der Waals surface area contributed by atoms with Crippen LogP contribution in [0.25, 0.3) is 11.1 Å². The third-order valence-corrected chi connectivity index (χ3v) is 5.73. The van der Waals surface area contributed by atoms with Crippen LogP contribution in [0.1, 0.15) is 48.3 Å². The van der Waals surface area contributed by atoms with Crippen LogP contribution in [0, 0.1) is 5.82 Å². The van der Waals surface area contributed by atoms with Gasteiger partial charge in [-0.15, -0.1) is 0 Å².